The average molecular weight is 404 g/mol. The van der Waals surface area contributed by atoms with Gasteiger partial charge in [0.15, 0.2) is 5.82 Å². The molecule has 0 radical (unpaired) electrons. The van der Waals surface area contributed by atoms with Crippen LogP contribution in [0.3, 0.4) is 0 Å². The number of carbonyl (C=O) groups excluding carboxylic acids is 1. The zero-order valence-corrected chi connectivity index (χ0v) is 16.7. The quantitative estimate of drug-likeness (QED) is 0.475. The van der Waals surface area contributed by atoms with Gasteiger partial charge < -0.3 is 10.1 Å². The molecule has 0 saturated carbocycles. The van der Waals surface area contributed by atoms with Gasteiger partial charge in [-0.25, -0.2) is 4.52 Å². The first-order valence-corrected chi connectivity index (χ1v) is 10.1. The summed E-state index contributed by atoms with van der Waals surface area (Å²) in [4.78, 5) is 17.4. The lowest BCUT2D eigenvalue weighted by molar-refractivity contribution is -0.116. The van der Waals surface area contributed by atoms with Gasteiger partial charge in [-0.05, 0) is 35.9 Å². The number of rotatable bonds is 7. The molecule has 29 heavy (non-hydrogen) atoms. The first-order chi connectivity index (χ1) is 14.2. The van der Waals surface area contributed by atoms with Crippen molar-refractivity contribution >= 4 is 28.3 Å². The molecule has 4 rings (SSSR count). The molecule has 0 spiro atoms. The van der Waals surface area contributed by atoms with E-state index in [1.807, 2.05) is 64.5 Å². The molecule has 4 aromatic rings. The fourth-order valence-electron chi connectivity index (χ4n) is 2.87. The van der Waals surface area contributed by atoms with Gasteiger partial charge in [-0.3, -0.25) is 4.79 Å². The van der Waals surface area contributed by atoms with E-state index in [0.717, 1.165) is 27.5 Å². The number of aromatic nitrogens is 3. The zero-order chi connectivity index (χ0) is 20.1. The van der Waals surface area contributed by atoms with Crippen LogP contribution in [0.1, 0.15) is 11.3 Å². The number of thiazole rings is 1. The Kier molecular flexibility index (Phi) is 5.67. The minimum atomic E-state index is -0.113. The van der Waals surface area contributed by atoms with Crippen LogP contribution in [-0.2, 0) is 11.2 Å². The minimum Gasteiger partial charge on any atom is -0.497 e. The number of carbonyl (C=O) groups is 1. The molecule has 0 fully saturated rings. The summed E-state index contributed by atoms with van der Waals surface area (Å²) >= 11 is 1.54. The molecular formula is C22H20N4O2S. The van der Waals surface area contributed by atoms with Gasteiger partial charge in [-0.15, -0.1) is 16.4 Å². The second-order valence-corrected chi connectivity index (χ2v) is 7.21. The Bertz CT molecular complexity index is 1130. The number of hydrogen-bond donors (Lipinski definition) is 1. The predicted octanol–water partition coefficient (Wildman–Crippen LogP) is 3.84. The van der Waals surface area contributed by atoms with Crippen molar-refractivity contribution in [3.05, 3.63) is 77.3 Å². The van der Waals surface area contributed by atoms with Crippen molar-refractivity contribution in [3.8, 4) is 17.1 Å². The number of ether oxygens (including phenoxy) is 1. The highest BCUT2D eigenvalue weighted by Crippen LogP contribution is 2.23. The summed E-state index contributed by atoms with van der Waals surface area (Å²) in [5.41, 5.74) is 2.95. The monoisotopic (exact) mass is 404 g/mol. The van der Waals surface area contributed by atoms with Gasteiger partial charge in [0.25, 0.3) is 0 Å². The van der Waals surface area contributed by atoms with Crippen molar-refractivity contribution in [1.82, 2.24) is 19.9 Å². The molecule has 6 nitrogen and oxygen atoms in total. The van der Waals surface area contributed by atoms with Crippen LogP contribution >= 0.6 is 11.3 Å². The lowest BCUT2D eigenvalue weighted by Gasteiger charge is -2.01. The third-order valence-electron chi connectivity index (χ3n) is 4.41. The molecule has 2 heterocycles. The maximum absolute atomic E-state index is 12.0. The highest BCUT2D eigenvalue weighted by atomic mass is 32.1. The van der Waals surface area contributed by atoms with Crippen molar-refractivity contribution in [2.75, 3.05) is 13.7 Å². The second-order valence-electron chi connectivity index (χ2n) is 6.37. The normalized spacial score (nSPS) is 11.2. The van der Waals surface area contributed by atoms with Gasteiger partial charge in [-0.2, -0.15) is 4.98 Å². The second kappa shape index (κ2) is 8.70. The standard InChI is InChI=1S/C22H20N4O2S/c1-28-19-10-8-17(9-11-19)21-24-22-26(25-21)18(15-29-22)13-14-23-20(27)12-7-16-5-3-2-4-6-16/h2-12,15H,13-14H2,1H3,(H,23,27). The maximum atomic E-state index is 12.0. The van der Waals surface area contributed by atoms with E-state index in [1.165, 1.54) is 0 Å². The van der Waals surface area contributed by atoms with Crippen LogP contribution in [0, 0.1) is 0 Å². The molecule has 1 amide bonds. The summed E-state index contributed by atoms with van der Waals surface area (Å²) in [6.45, 7) is 0.529. The van der Waals surface area contributed by atoms with Crippen LogP contribution in [0.5, 0.6) is 5.75 Å². The Morgan fingerprint density at radius 2 is 1.97 bits per heavy atom. The van der Waals surface area contributed by atoms with Crippen LogP contribution in [0.4, 0.5) is 0 Å². The fourth-order valence-corrected chi connectivity index (χ4v) is 3.72. The Morgan fingerprint density at radius 3 is 2.72 bits per heavy atom. The van der Waals surface area contributed by atoms with Crippen molar-refractivity contribution < 1.29 is 9.53 Å². The van der Waals surface area contributed by atoms with E-state index in [-0.39, 0.29) is 5.91 Å². The van der Waals surface area contributed by atoms with Gasteiger partial charge in [0, 0.05) is 30.0 Å². The molecule has 0 unspecified atom stereocenters. The van der Waals surface area contributed by atoms with E-state index in [2.05, 4.69) is 15.4 Å². The van der Waals surface area contributed by atoms with E-state index in [9.17, 15) is 4.79 Å². The van der Waals surface area contributed by atoms with E-state index in [4.69, 9.17) is 4.74 Å². The molecule has 146 valence electrons. The summed E-state index contributed by atoms with van der Waals surface area (Å²) in [7, 11) is 1.64. The highest BCUT2D eigenvalue weighted by Gasteiger charge is 2.11. The molecule has 2 aromatic carbocycles. The molecule has 2 aromatic heterocycles. The van der Waals surface area contributed by atoms with Crippen LogP contribution in [-0.4, -0.2) is 34.2 Å². The Morgan fingerprint density at radius 1 is 1.17 bits per heavy atom. The Balaban J connectivity index is 1.37. The number of nitrogens with one attached hydrogen (secondary N) is 1. The average Bonchev–Trinajstić information content (AvgIpc) is 3.35. The number of methoxy groups -OCH3 is 1. The molecule has 1 N–H and O–H groups in total. The number of fused-ring (bicyclic) bond motifs is 1. The summed E-state index contributed by atoms with van der Waals surface area (Å²) in [6, 6.07) is 17.4. The molecule has 0 saturated heterocycles. The van der Waals surface area contributed by atoms with Gasteiger partial charge in [-0.1, -0.05) is 30.3 Å². The van der Waals surface area contributed by atoms with Crippen LogP contribution in [0.25, 0.3) is 22.4 Å². The summed E-state index contributed by atoms with van der Waals surface area (Å²) in [5.74, 6) is 1.36. The van der Waals surface area contributed by atoms with Crippen molar-refractivity contribution in [2.45, 2.75) is 6.42 Å². The van der Waals surface area contributed by atoms with E-state index < -0.39 is 0 Å². The lowest BCUT2D eigenvalue weighted by Crippen LogP contribution is -2.23. The summed E-state index contributed by atoms with van der Waals surface area (Å²) < 4.78 is 7.03. The number of amides is 1. The van der Waals surface area contributed by atoms with E-state index in [1.54, 1.807) is 30.6 Å². The fraction of sp³-hybridized carbons (Fsp3) is 0.136. The number of hydrogen-bond acceptors (Lipinski definition) is 5. The predicted molar refractivity (Wildman–Crippen MR) is 115 cm³/mol. The third kappa shape index (κ3) is 4.52. The molecular weight excluding hydrogens is 384 g/mol. The van der Waals surface area contributed by atoms with Crippen LogP contribution in [0.2, 0.25) is 0 Å². The van der Waals surface area contributed by atoms with Gasteiger partial charge in [0.1, 0.15) is 5.75 Å². The topological polar surface area (TPSA) is 68.5 Å². The number of benzene rings is 2. The van der Waals surface area contributed by atoms with E-state index >= 15 is 0 Å². The maximum Gasteiger partial charge on any atom is 0.244 e. The van der Waals surface area contributed by atoms with Crippen molar-refractivity contribution in [1.29, 1.82) is 0 Å². The summed E-state index contributed by atoms with van der Waals surface area (Å²) in [6.07, 6.45) is 4.03. The van der Waals surface area contributed by atoms with Crippen molar-refractivity contribution in [3.63, 3.8) is 0 Å². The minimum absolute atomic E-state index is 0.113. The molecule has 0 aliphatic heterocycles. The zero-order valence-electron chi connectivity index (χ0n) is 15.9. The molecule has 0 aliphatic rings. The third-order valence-corrected chi connectivity index (χ3v) is 5.27. The SMILES string of the molecule is COc1ccc(-c2nc3scc(CCNC(=O)C=Cc4ccccc4)n3n2)cc1. The molecule has 0 atom stereocenters. The largest absolute Gasteiger partial charge is 0.497 e. The molecule has 7 heteroatoms. The van der Waals surface area contributed by atoms with Gasteiger partial charge >= 0.3 is 0 Å². The molecule has 0 bridgehead atoms. The first kappa shape index (κ1) is 18.9. The Labute approximate surface area is 172 Å². The lowest BCUT2D eigenvalue weighted by atomic mass is 10.2. The number of nitrogens with zero attached hydrogens (tertiary/aromatic N) is 3. The van der Waals surface area contributed by atoms with Crippen LogP contribution < -0.4 is 10.1 Å². The van der Waals surface area contributed by atoms with Gasteiger partial charge in [0.05, 0.1) is 12.8 Å². The molecule has 0 aliphatic carbocycles. The van der Waals surface area contributed by atoms with Gasteiger partial charge in [0.2, 0.25) is 10.9 Å². The first-order valence-electron chi connectivity index (χ1n) is 9.21. The highest BCUT2D eigenvalue weighted by molar-refractivity contribution is 7.15. The summed E-state index contributed by atoms with van der Waals surface area (Å²) in [5, 5.41) is 9.56. The van der Waals surface area contributed by atoms with E-state index in [0.29, 0.717) is 18.8 Å². The smallest absolute Gasteiger partial charge is 0.244 e. The Hall–Kier alpha value is -3.45. The van der Waals surface area contributed by atoms with Crippen molar-refractivity contribution in [2.24, 2.45) is 0 Å². The van der Waals surface area contributed by atoms with Crippen LogP contribution in [0.15, 0.2) is 66.1 Å².